The standard InChI is InChI=1S/C24H31N3O2/c1-18-15-20(9-10-26-24(28)29-17-19-5-3-2-4-6-19)22-8-7-21(16-23(18)22)27-13-11-25-12-14-27/h2-8,16,18,20,25H,9-15,17H2,1H3,(H,26,28)/t18-,20-/m1/s1. The monoisotopic (exact) mass is 393 g/mol. The number of hydrogen-bond donors (Lipinski definition) is 2. The molecule has 0 bridgehead atoms. The number of rotatable bonds is 6. The Morgan fingerprint density at radius 1 is 1.14 bits per heavy atom. The van der Waals surface area contributed by atoms with E-state index in [0.717, 1.165) is 44.6 Å². The Bertz CT molecular complexity index is 818. The van der Waals surface area contributed by atoms with Crippen LogP contribution < -0.4 is 15.5 Å². The molecule has 0 spiro atoms. The third kappa shape index (κ3) is 4.91. The summed E-state index contributed by atoms with van der Waals surface area (Å²) < 4.78 is 5.31. The molecule has 1 saturated heterocycles. The first-order chi connectivity index (χ1) is 14.2. The lowest BCUT2D eigenvalue weighted by molar-refractivity contribution is 0.139. The number of benzene rings is 2. The molecule has 0 radical (unpaired) electrons. The van der Waals surface area contributed by atoms with E-state index < -0.39 is 0 Å². The number of nitrogens with one attached hydrogen (secondary N) is 2. The van der Waals surface area contributed by atoms with E-state index in [4.69, 9.17) is 4.74 Å². The maximum Gasteiger partial charge on any atom is 0.407 e. The molecule has 2 aromatic rings. The minimum Gasteiger partial charge on any atom is -0.445 e. The zero-order valence-corrected chi connectivity index (χ0v) is 17.2. The zero-order chi connectivity index (χ0) is 20.1. The maximum absolute atomic E-state index is 12.0. The predicted octanol–water partition coefficient (Wildman–Crippen LogP) is 4.00. The largest absolute Gasteiger partial charge is 0.445 e. The first kappa shape index (κ1) is 19.8. The first-order valence-corrected chi connectivity index (χ1v) is 10.7. The number of amides is 1. The van der Waals surface area contributed by atoms with Crippen LogP contribution in [0.3, 0.4) is 0 Å². The highest BCUT2D eigenvalue weighted by Crippen LogP contribution is 2.44. The van der Waals surface area contributed by atoms with E-state index in [1.807, 2.05) is 30.3 Å². The highest BCUT2D eigenvalue weighted by molar-refractivity contribution is 5.67. The Morgan fingerprint density at radius 3 is 2.72 bits per heavy atom. The summed E-state index contributed by atoms with van der Waals surface area (Å²) in [6.45, 7) is 7.54. The molecule has 0 unspecified atom stereocenters. The number of ether oxygens (including phenoxy) is 1. The van der Waals surface area contributed by atoms with Gasteiger partial charge in [0.1, 0.15) is 6.61 Å². The number of hydrogen-bond acceptors (Lipinski definition) is 4. The van der Waals surface area contributed by atoms with E-state index in [2.05, 4.69) is 40.7 Å². The first-order valence-electron chi connectivity index (χ1n) is 10.7. The van der Waals surface area contributed by atoms with Gasteiger partial charge in [-0.15, -0.1) is 0 Å². The summed E-state index contributed by atoms with van der Waals surface area (Å²) in [7, 11) is 0. The van der Waals surface area contributed by atoms with Crippen LogP contribution in [0.15, 0.2) is 48.5 Å². The van der Waals surface area contributed by atoms with Gasteiger partial charge in [-0.25, -0.2) is 4.79 Å². The number of piperazine rings is 1. The second kappa shape index (κ2) is 9.31. The van der Waals surface area contributed by atoms with Crippen molar-refractivity contribution in [1.29, 1.82) is 0 Å². The van der Waals surface area contributed by atoms with Gasteiger partial charge in [0.05, 0.1) is 0 Å². The van der Waals surface area contributed by atoms with E-state index in [0.29, 0.717) is 25.0 Å². The maximum atomic E-state index is 12.0. The smallest absolute Gasteiger partial charge is 0.407 e. The normalized spacial score (nSPS) is 20.9. The average molecular weight is 394 g/mol. The van der Waals surface area contributed by atoms with Gasteiger partial charge in [0.25, 0.3) is 0 Å². The van der Waals surface area contributed by atoms with Crippen molar-refractivity contribution < 1.29 is 9.53 Å². The van der Waals surface area contributed by atoms with Crippen LogP contribution in [0.1, 0.15) is 48.3 Å². The van der Waals surface area contributed by atoms with Crippen molar-refractivity contribution in [3.63, 3.8) is 0 Å². The third-order valence-electron chi connectivity index (χ3n) is 6.14. The average Bonchev–Trinajstić information content (AvgIpc) is 3.08. The van der Waals surface area contributed by atoms with Crippen molar-refractivity contribution in [1.82, 2.24) is 10.6 Å². The molecular formula is C24H31N3O2. The van der Waals surface area contributed by atoms with Gasteiger partial charge in [-0.1, -0.05) is 43.3 Å². The minimum absolute atomic E-state index is 0.310. The summed E-state index contributed by atoms with van der Waals surface area (Å²) in [5.41, 5.74) is 5.29. The lowest BCUT2D eigenvalue weighted by Crippen LogP contribution is -2.43. The van der Waals surface area contributed by atoms with Crippen LogP contribution in [0, 0.1) is 0 Å². The number of nitrogens with zero attached hydrogens (tertiary/aromatic N) is 1. The molecule has 1 aliphatic carbocycles. The van der Waals surface area contributed by atoms with Crippen molar-refractivity contribution >= 4 is 11.8 Å². The topological polar surface area (TPSA) is 53.6 Å². The van der Waals surface area contributed by atoms with Gasteiger partial charge in [0.15, 0.2) is 0 Å². The number of carbonyl (C=O) groups excluding carboxylic acids is 1. The lowest BCUT2D eigenvalue weighted by atomic mass is 9.97. The van der Waals surface area contributed by atoms with Crippen molar-refractivity contribution in [3.8, 4) is 0 Å². The summed E-state index contributed by atoms with van der Waals surface area (Å²) in [6.07, 6.45) is 1.76. The van der Waals surface area contributed by atoms with Crippen LogP contribution in [0.4, 0.5) is 10.5 Å². The second-order valence-electron chi connectivity index (χ2n) is 8.16. The van der Waals surface area contributed by atoms with Crippen LogP contribution in [0.25, 0.3) is 0 Å². The molecule has 0 aromatic heterocycles. The number of anilines is 1. The molecule has 1 amide bonds. The van der Waals surface area contributed by atoms with Crippen LogP contribution in [0.2, 0.25) is 0 Å². The van der Waals surface area contributed by atoms with Gasteiger partial charge in [-0.3, -0.25) is 0 Å². The van der Waals surface area contributed by atoms with Crippen molar-refractivity contribution in [2.24, 2.45) is 0 Å². The number of carbonyl (C=O) groups is 1. The second-order valence-corrected chi connectivity index (χ2v) is 8.16. The van der Waals surface area contributed by atoms with Gasteiger partial charge in [0, 0.05) is 38.4 Å². The van der Waals surface area contributed by atoms with E-state index >= 15 is 0 Å². The van der Waals surface area contributed by atoms with Gasteiger partial charge < -0.3 is 20.3 Å². The fourth-order valence-electron chi connectivity index (χ4n) is 4.56. The molecular weight excluding hydrogens is 362 g/mol. The van der Waals surface area contributed by atoms with Gasteiger partial charge >= 0.3 is 6.09 Å². The van der Waals surface area contributed by atoms with Crippen LogP contribution in [-0.4, -0.2) is 38.8 Å². The van der Waals surface area contributed by atoms with Gasteiger partial charge in [-0.2, -0.15) is 0 Å². The summed E-state index contributed by atoms with van der Waals surface area (Å²) >= 11 is 0. The van der Waals surface area contributed by atoms with Crippen molar-refractivity contribution in [2.45, 2.75) is 38.2 Å². The zero-order valence-electron chi connectivity index (χ0n) is 17.2. The van der Waals surface area contributed by atoms with Crippen molar-refractivity contribution in [3.05, 3.63) is 65.2 Å². The molecule has 1 aliphatic heterocycles. The molecule has 5 heteroatoms. The summed E-state index contributed by atoms with van der Waals surface area (Å²) in [6, 6.07) is 16.7. The van der Waals surface area contributed by atoms with Crippen LogP contribution in [-0.2, 0) is 11.3 Å². The van der Waals surface area contributed by atoms with Crippen LogP contribution in [0.5, 0.6) is 0 Å². The van der Waals surface area contributed by atoms with Gasteiger partial charge in [0.2, 0.25) is 0 Å². The Balaban J connectivity index is 1.28. The molecule has 1 fully saturated rings. The minimum atomic E-state index is -0.339. The fourth-order valence-corrected chi connectivity index (χ4v) is 4.56. The third-order valence-corrected chi connectivity index (χ3v) is 6.14. The Kier molecular flexibility index (Phi) is 6.35. The number of fused-ring (bicyclic) bond motifs is 1. The summed E-state index contributed by atoms with van der Waals surface area (Å²) in [4.78, 5) is 14.4. The quantitative estimate of drug-likeness (QED) is 0.779. The van der Waals surface area contributed by atoms with E-state index in [1.165, 1.54) is 16.8 Å². The Hall–Kier alpha value is -2.53. The highest BCUT2D eigenvalue weighted by Gasteiger charge is 2.28. The predicted molar refractivity (Wildman–Crippen MR) is 117 cm³/mol. The number of alkyl carbamates (subject to hydrolysis) is 1. The molecule has 29 heavy (non-hydrogen) atoms. The molecule has 1 heterocycles. The van der Waals surface area contributed by atoms with Gasteiger partial charge in [-0.05, 0) is 53.5 Å². The Labute approximate surface area is 173 Å². The molecule has 5 nitrogen and oxygen atoms in total. The Morgan fingerprint density at radius 2 is 1.93 bits per heavy atom. The summed E-state index contributed by atoms with van der Waals surface area (Å²) in [5.74, 6) is 1.08. The van der Waals surface area contributed by atoms with Crippen molar-refractivity contribution in [2.75, 3.05) is 37.6 Å². The molecule has 0 saturated carbocycles. The summed E-state index contributed by atoms with van der Waals surface area (Å²) in [5, 5.41) is 6.33. The molecule has 154 valence electrons. The van der Waals surface area contributed by atoms with E-state index in [-0.39, 0.29) is 6.09 Å². The fraction of sp³-hybridized carbons (Fsp3) is 0.458. The molecule has 2 N–H and O–H groups in total. The lowest BCUT2D eigenvalue weighted by Gasteiger charge is -2.30. The van der Waals surface area contributed by atoms with E-state index in [9.17, 15) is 4.79 Å². The molecule has 2 aromatic carbocycles. The SMILES string of the molecule is C[C@@H]1C[C@@H](CCNC(=O)OCc2ccccc2)c2ccc(N3CCNCC3)cc21. The highest BCUT2D eigenvalue weighted by atomic mass is 16.5. The molecule has 2 aliphatic rings. The molecule has 4 rings (SSSR count). The van der Waals surface area contributed by atoms with E-state index in [1.54, 1.807) is 0 Å². The molecule has 2 atom stereocenters. The van der Waals surface area contributed by atoms with Crippen LogP contribution >= 0.6 is 0 Å².